The van der Waals surface area contributed by atoms with Crippen molar-refractivity contribution in [3.63, 3.8) is 0 Å². The molecule has 4 unspecified atom stereocenters. The van der Waals surface area contributed by atoms with Crippen molar-refractivity contribution in [1.29, 1.82) is 0 Å². The Kier molecular flexibility index (Phi) is 9.26. The van der Waals surface area contributed by atoms with Crippen molar-refractivity contribution in [2.24, 2.45) is 0 Å². The van der Waals surface area contributed by atoms with Gasteiger partial charge in [-0.3, -0.25) is 0 Å². The molecule has 0 aliphatic carbocycles. The van der Waals surface area contributed by atoms with E-state index in [9.17, 15) is 0 Å². The van der Waals surface area contributed by atoms with Crippen LogP contribution in [0.5, 0.6) is 0 Å². The number of hydrogen-bond donors (Lipinski definition) is 2. The summed E-state index contributed by atoms with van der Waals surface area (Å²) in [5.41, 5.74) is 0. The summed E-state index contributed by atoms with van der Waals surface area (Å²) in [5.74, 6) is 0. The van der Waals surface area contributed by atoms with Gasteiger partial charge in [-0.25, -0.2) is 0 Å². The van der Waals surface area contributed by atoms with Crippen LogP contribution in [0, 0.1) is 0 Å². The van der Waals surface area contributed by atoms with Crippen molar-refractivity contribution in [3.05, 3.63) is 0 Å². The van der Waals surface area contributed by atoms with Gasteiger partial charge in [0.2, 0.25) is 0 Å². The van der Waals surface area contributed by atoms with Gasteiger partial charge >= 0.3 is 0 Å². The van der Waals surface area contributed by atoms with Crippen LogP contribution in [-0.2, 0) is 0 Å². The zero-order chi connectivity index (χ0) is 25.8. The van der Waals surface area contributed by atoms with E-state index < -0.39 is 0 Å². The predicted octanol–water partition coefficient (Wildman–Crippen LogP) is -2.52. The SMILES string of the molecule is CB1NB(C)N2B(N(C)C)B(N(C)C)N3B(C)NB(C)N(B(N(C)C)B(N(C)C)N1B2C)B3C. The van der Waals surface area contributed by atoms with Crippen molar-refractivity contribution in [2.45, 2.75) is 40.9 Å². The molecule has 0 saturated carbocycles. The Bertz CT molecular complexity index is 588. The third-order valence-electron chi connectivity index (χ3n) is 8.35. The molecule has 180 valence electrons. The average molecular weight is 461 g/mol. The van der Waals surface area contributed by atoms with Gasteiger partial charge < -0.3 is 48.1 Å². The highest BCUT2D eigenvalue weighted by Crippen LogP contribution is 2.27. The normalized spacial score (nSPS) is 29.1. The fraction of sp³-hybridized carbons (Fsp3) is 1.00. The molecule has 4 atom stereocenters. The lowest BCUT2D eigenvalue weighted by molar-refractivity contribution is 0.541. The van der Waals surface area contributed by atoms with Gasteiger partial charge in [0, 0.05) is 0 Å². The average Bonchev–Trinajstić information content (AvgIpc) is 2.68. The molecule has 0 radical (unpaired) electrons. The summed E-state index contributed by atoms with van der Waals surface area (Å²) in [4.78, 5) is 9.63. The number of fused-ring (bicyclic) bond motifs is 4. The van der Waals surface area contributed by atoms with E-state index in [0.29, 0.717) is 0 Å². The molecule has 0 spiro atoms. The molecule has 3 aliphatic heterocycles. The molecule has 0 aromatic rings. The number of hydrogen-bond acceptors (Lipinski definition) is 10. The Morgan fingerprint density at radius 3 is 0.706 bits per heavy atom. The molecule has 3 rings (SSSR count). The molecule has 2 N–H and O–H groups in total. The number of nitrogens with one attached hydrogen (secondary N) is 2. The zero-order valence-electron chi connectivity index (χ0n) is 24.4. The van der Waals surface area contributed by atoms with E-state index in [1.54, 1.807) is 0 Å². The van der Waals surface area contributed by atoms with Crippen LogP contribution in [-0.4, -0.2) is 164 Å². The topological polar surface area (TPSA) is 50.0 Å². The minimum atomic E-state index is 0.183. The minimum absolute atomic E-state index is 0.183. The van der Waals surface area contributed by atoms with Gasteiger partial charge in [-0.15, -0.1) is 0 Å². The highest BCUT2D eigenvalue weighted by atomic mass is 15.3. The summed E-state index contributed by atoms with van der Waals surface area (Å²) in [6, 6.07) is 0. The maximum atomic E-state index is 3.92. The molecule has 20 heteroatoms. The second-order valence-corrected chi connectivity index (χ2v) is 11.6. The highest BCUT2D eigenvalue weighted by molar-refractivity contribution is 7.31. The zero-order valence-corrected chi connectivity index (χ0v) is 24.4. The number of rotatable bonds is 4. The van der Waals surface area contributed by atoms with Gasteiger partial charge in [0.25, 0.3) is 69.4 Å². The summed E-state index contributed by atoms with van der Waals surface area (Å²) >= 11 is 0. The van der Waals surface area contributed by atoms with Crippen LogP contribution in [0.2, 0.25) is 40.9 Å². The molecule has 10 nitrogen and oxygen atoms in total. The Labute approximate surface area is 214 Å². The maximum absolute atomic E-state index is 3.92. The van der Waals surface area contributed by atoms with Crippen LogP contribution in [0.15, 0.2) is 0 Å². The molecule has 0 amide bonds. The van der Waals surface area contributed by atoms with Crippen LogP contribution in [0.25, 0.3) is 0 Å². The molecular formula is C14H44B10N10. The quantitative estimate of drug-likeness (QED) is 0.440. The first-order chi connectivity index (χ1) is 15.7. The van der Waals surface area contributed by atoms with Crippen molar-refractivity contribution in [3.8, 4) is 0 Å². The minimum Gasteiger partial charge on any atom is -0.391 e. The molecule has 0 aromatic heterocycles. The third-order valence-corrected chi connectivity index (χ3v) is 8.35. The third kappa shape index (κ3) is 4.89. The first-order valence-electron chi connectivity index (χ1n) is 13.0. The molecule has 0 aromatic carbocycles. The van der Waals surface area contributed by atoms with Gasteiger partial charge in [0.05, 0.1) is 0 Å². The van der Waals surface area contributed by atoms with Gasteiger partial charge in [0.15, 0.2) is 0 Å². The predicted molar refractivity (Wildman–Crippen MR) is 161 cm³/mol. The van der Waals surface area contributed by atoms with E-state index in [1.165, 1.54) is 0 Å². The lowest BCUT2D eigenvalue weighted by Crippen LogP contribution is -2.93. The standard InChI is InChI=1S/C14H44B10N10/c1-15-25-16(2)32-19(5)31(15)21(27(7)8)22(28(9)10)33-17(3)26-18(4)34(20(33)6)24(30(13)14)23(32)29(11)12/h25-26H,1-14H3. The Morgan fingerprint density at radius 1 is 0.382 bits per heavy atom. The van der Waals surface area contributed by atoms with E-state index in [0.717, 1.165) is 0 Å². The summed E-state index contributed by atoms with van der Waals surface area (Å²) in [5, 5.41) is 7.85. The Balaban J connectivity index is 2.32. The van der Waals surface area contributed by atoms with Crippen LogP contribution < -0.4 is 10.3 Å². The van der Waals surface area contributed by atoms with Gasteiger partial charge in [0.1, 0.15) is 0 Å². The molecule has 3 saturated heterocycles. The number of nitrogens with zero attached hydrogens (tertiary/aromatic N) is 8. The summed E-state index contributed by atoms with van der Waals surface area (Å²) in [6.07, 6.45) is 0. The smallest absolute Gasteiger partial charge is 0.290 e. The van der Waals surface area contributed by atoms with Gasteiger partial charge in [-0.05, 0) is 56.4 Å². The Morgan fingerprint density at radius 2 is 0.559 bits per heavy atom. The molecule has 3 heterocycles. The van der Waals surface area contributed by atoms with Crippen molar-refractivity contribution >= 4 is 69.4 Å². The molecule has 34 heavy (non-hydrogen) atoms. The van der Waals surface area contributed by atoms with E-state index >= 15 is 0 Å². The van der Waals surface area contributed by atoms with E-state index in [2.05, 4.69) is 145 Å². The second-order valence-electron chi connectivity index (χ2n) is 11.6. The largest absolute Gasteiger partial charge is 0.391 e. The fourth-order valence-corrected chi connectivity index (χ4v) is 7.19. The van der Waals surface area contributed by atoms with Gasteiger partial charge in [-0.2, -0.15) is 0 Å². The van der Waals surface area contributed by atoms with Crippen molar-refractivity contribution in [2.75, 3.05) is 56.4 Å². The lowest BCUT2D eigenvalue weighted by atomic mass is 9.14. The van der Waals surface area contributed by atoms with Crippen LogP contribution in [0.1, 0.15) is 0 Å². The monoisotopic (exact) mass is 462 g/mol. The van der Waals surface area contributed by atoms with E-state index in [-0.39, 0.29) is 69.4 Å². The van der Waals surface area contributed by atoms with Gasteiger partial charge in [-0.1, -0.05) is 40.9 Å². The maximum Gasteiger partial charge on any atom is 0.290 e. The molecular weight excluding hydrogens is 416 g/mol. The highest BCUT2D eigenvalue weighted by Gasteiger charge is 2.62. The summed E-state index contributed by atoms with van der Waals surface area (Å²) < 4.78 is 10.7. The lowest BCUT2D eigenvalue weighted by Gasteiger charge is -2.62. The van der Waals surface area contributed by atoms with Crippen molar-refractivity contribution < 1.29 is 0 Å². The first-order valence-corrected chi connectivity index (χ1v) is 13.0. The van der Waals surface area contributed by atoms with Crippen molar-refractivity contribution in [1.82, 2.24) is 48.1 Å². The van der Waals surface area contributed by atoms with Crippen LogP contribution in [0.4, 0.5) is 0 Å². The molecule has 4 bridgehead atoms. The Hall–Kier alpha value is 0.249. The van der Waals surface area contributed by atoms with E-state index in [4.69, 9.17) is 0 Å². The fourth-order valence-electron chi connectivity index (χ4n) is 7.19. The molecule has 3 fully saturated rings. The van der Waals surface area contributed by atoms with E-state index in [1.807, 2.05) is 0 Å². The van der Waals surface area contributed by atoms with Crippen LogP contribution in [0.3, 0.4) is 0 Å². The summed E-state index contributed by atoms with van der Waals surface area (Å²) in [7, 11) is 17.8. The second kappa shape index (κ2) is 10.9. The molecule has 3 aliphatic rings. The van der Waals surface area contributed by atoms with Crippen LogP contribution >= 0.6 is 0 Å². The summed E-state index contributed by atoms with van der Waals surface area (Å²) in [6.45, 7) is 16.3. The first kappa shape index (κ1) is 28.8.